The van der Waals surface area contributed by atoms with Crippen molar-refractivity contribution in [1.29, 1.82) is 0 Å². The Kier molecular flexibility index (Phi) is 3.85. The van der Waals surface area contributed by atoms with Crippen LogP contribution < -0.4 is 4.74 Å². The normalized spacial score (nSPS) is 18.4. The number of benzene rings is 1. The molecule has 0 aliphatic carbocycles. The zero-order valence-electron chi connectivity index (χ0n) is 11.8. The number of fused-ring (bicyclic) bond motifs is 1. The van der Waals surface area contributed by atoms with Crippen molar-refractivity contribution in [3.63, 3.8) is 0 Å². The van der Waals surface area contributed by atoms with Crippen molar-refractivity contribution in [2.75, 3.05) is 0 Å². The first kappa shape index (κ1) is 14.3. The number of ether oxygens (including phenoxy) is 2. The van der Waals surface area contributed by atoms with Gasteiger partial charge in [-0.15, -0.1) is 0 Å². The molecule has 2 atom stereocenters. The first-order chi connectivity index (χ1) is 10.1. The number of halogens is 1. The summed E-state index contributed by atoms with van der Waals surface area (Å²) in [5, 5.41) is 10.2. The van der Waals surface area contributed by atoms with Crippen molar-refractivity contribution in [2.45, 2.75) is 32.8 Å². The van der Waals surface area contributed by atoms with Crippen molar-refractivity contribution in [1.82, 2.24) is 4.98 Å². The monoisotopic (exact) mass is 305 g/mol. The number of nitrogens with zero attached hydrogens (tertiary/aromatic N) is 1. The van der Waals surface area contributed by atoms with E-state index in [0.29, 0.717) is 17.4 Å². The van der Waals surface area contributed by atoms with E-state index < -0.39 is 6.29 Å². The summed E-state index contributed by atoms with van der Waals surface area (Å²) in [7, 11) is 0. The fourth-order valence-corrected chi connectivity index (χ4v) is 2.65. The molecule has 0 radical (unpaired) electrons. The van der Waals surface area contributed by atoms with Crippen molar-refractivity contribution < 1.29 is 14.6 Å². The number of hydrogen-bond donors (Lipinski definition) is 1. The van der Waals surface area contributed by atoms with Crippen LogP contribution in [0.1, 0.15) is 35.4 Å². The minimum atomic E-state index is -0.883. The molecule has 2 aromatic rings. The molecule has 2 heterocycles. The lowest BCUT2D eigenvalue weighted by molar-refractivity contribution is -0.00268. The van der Waals surface area contributed by atoms with Gasteiger partial charge in [0.25, 0.3) is 0 Å². The number of aliphatic hydroxyl groups excluding tert-OH is 1. The number of rotatable bonds is 3. The van der Waals surface area contributed by atoms with E-state index in [0.717, 1.165) is 22.4 Å². The third-order valence-corrected chi connectivity index (χ3v) is 3.74. The van der Waals surface area contributed by atoms with Gasteiger partial charge in [0.15, 0.2) is 6.29 Å². The fraction of sp³-hybridized carbons (Fsp3) is 0.312. The molecule has 1 aliphatic heterocycles. The fourth-order valence-electron chi connectivity index (χ4n) is 2.52. The van der Waals surface area contributed by atoms with Crippen LogP contribution in [-0.2, 0) is 11.3 Å². The Labute approximate surface area is 128 Å². The molecule has 5 heteroatoms. The van der Waals surface area contributed by atoms with Gasteiger partial charge in [-0.3, -0.25) is 4.98 Å². The van der Waals surface area contributed by atoms with Crippen LogP contribution in [0.25, 0.3) is 0 Å². The summed E-state index contributed by atoms with van der Waals surface area (Å²) in [4.78, 5) is 4.35. The summed E-state index contributed by atoms with van der Waals surface area (Å²) < 4.78 is 11.4. The third kappa shape index (κ3) is 2.75. The second-order valence-corrected chi connectivity index (χ2v) is 5.50. The minimum Gasteiger partial charge on any atom is -0.463 e. The van der Waals surface area contributed by atoms with Gasteiger partial charge in [-0.2, -0.15) is 0 Å². The Morgan fingerprint density at radius 2 is 2.10 bits per heavy atom. The molecule has 0 spiro atoms. The van der Waals surface area contributed by atoms with Crippen LogP contribution in [0.4, 0.5) is 0 Å². The maximum atomic E-state index is 9.47. The summed E-state index contributed by atoms with van der Waals surface area (Å²) in [6, 6.07) is 7.56. The Morgan fingerprint density at radius 1 is 1.38 bits per heavy atom. The van der Waals surface area contributed by atoms with E-state index in [2.05, 4.69) is 4.98 Å². The van der Waals surface area contributed by atoms with Gasteiger partial charge >= 0.3 is 0 Å². The molecule has 2 unspecified atom stereocenters. The highest BCUT2D eigenvalue weighted by atomic mass is 35.5. The summed E-state index contributed by atoms with van der Waals surface area (Å²) in [5.41, 5.74) is 3.68. The topological polar surface area (TPSA) is 51.6 Å². The van der Waals surface area contributed by atoms with E-state index >= 15 is 0 Å². The molecule has 1 aliphatic rings. The Morgan fingerprint density at radius 3 is 2.76 bits per heavy atom. The van der Waals surface area contributed by atoms with E-state index in [9.17, 15) is 5.11 Å². The minimum absolute atomic E-state index is 0.179. The van der Waals surface area contributed by atoms with Crippen molar-refractivity contribution in [3.8, 4) is 5.75 Å². The van der Waals surface area contributed by atoms with Gasteiger partial charge in [0.1, 0.15) is 11.9 Å². The molecule has 0 bridgehead atoms. The van der Waals surface area contributed by atoms with Crippen molar-refractivity contribution in [3.05, 3.63) is 57.9 Å². The van der Waals surface area contributed by atoms with Gasteiger partial charge in [0.2, 0.25) is 0 Å². The van der Waals surface area contributed by atoms with Gasteiger partial charge in [-0.25, -0.2) is 0 Å². The Balaban J connectivity index is 2.01. The Bertz CT molecular complexity index is 655. The second-order valence-electron chi connectivity index (χ2n) is 5.07. The molecule has 1 aromatic carbocycles. The molecule has 1 aromatic heterocycles. The lowest BCUT2D eigenvalue weighted by atomic mass is 10.0. The average molecular weight is 306 g/mol. The molecule has 110 valence electrons. The zero-order chi connectivity index (χ0) is 15.0. The summed E-state index contributed by atoms with van der Waals surface area (Å²) in [5.74, 6) is 0.610. The number of aryl methyl sites for hydroxylation is 1. The first-order valence-corrected chi connectivity index (χ1v) is 7.14. The van der Waals surface area contributed by atoms with Crippen LogP contribution in [0.2, 0.25) is 5.02 Å². The van der Waals surface area contributed by atoms with Crippen LogP contribution in [0.5, 0.6) is 5.75 Å². The quantitative estimate of drug-likeness (QED) is 0.883. The maximum absolute atomic E-state index is 9.47. The molecule has 3 rings (SSSR count). The smallest absolute Gasteiger partial charge is 0.194 e. The number of aromatic nitrogens is 1. The van der Waals surface area contributed by atoms with E-state index in [1.54, 1.807) is 6.92 Å². The SMILES string of the molecule is Cc1ncc2c(c1OC(C)O)COC2c1ccc(Cl)cc1. The number of aliphatic hydroxyl groups is 1. The molecule has 4 nitrogen and oxygen atoms in total. The maximum Gasteiger partial charge on any atom is 0.194 e. The second kappa shape index (κ2) is 5.64. The van der Waals surface area contributed by atoms with Crippen LogP contribution in [-0.4, -0.2) is 16.4 Å². The van der Waals surface area contributed by atoms with Gasteiger partial charge < -0.3 is 14.6 Å². The van der Waals surface area contributed by atoms with Gasteiger partial charge in [0, 0.05) is 22.3 Å². The molecule has 0 saturated heterocycles. The molecular weight excluding hydrogens is 290 g/mol. The van der Waals surface area contributed by atoms with Gasteiger partial charge in [-0.05, 0) is 31.5 Å². The lowest BCUT2D eigenvalue weighted by Gasteiger charge is -2.15. The highest BCUT2D eigenvalue weighted by molar-refractivity contribution is 6.30. The van der Waals surface area contributed by atoms with Crippen molar-refractivity contribution in [2.24, 2.45) is 0 Å². The molecule has 0 saturated carbocycles. The summed E-state index contributed by atoms with van der Waals surface area (Å²) in [6.07, 6.45) is 0.750. The van der Waals surface area contributed by atoms with E-state index in [-0.39, 0.29) is 6.10 Å². The third-order valence-electron chi connectivity index (χ3n) is 3.49. The standard InChI is InChI=1S/C16H16ClNO3/c1-9-15(21-10(2)19)14-8-20-16(13(14)7-18-9)11-3-5-12(17)6-4-11/h3-7,10,16,19H,8H2,1-2H3. The average Bonchev–Trinajstić information content (AvgIpc) is 2.87. The van der Waals surface area contributed by atoms with Gasteiger partial charge in [0.05, 0.1) is 12.3 Å². The first-order valence-electron chi connectivity index (χ1n) is 6.76. The van der Waals surface area contributed by atoms with Gasteiger partial charge in [-0.1, -0.05) is 23.7 Å². The molecule has 21 heavy (non-hydrogen) atoms. The summed E-state index contributed by atoms with van der Waals surface area (Å²) >= 11 is 5.92. The molecule has 0 amide bonds. The predicted octanol–water partition coefficient (Wildman–Crippen LogP) is 3.38. The number of pyridine rings is 1. The lowest BCUT2D eigenvalue weighted by Crippen LogP contribution is -2.13. The van der Waals surface area contributed by atoms with Crippen LogP contribution in [0.3, 0.4) is 0 Å². The predicted molar refractivity (Wildman–Crippen MR) is 79.4 cm³/mol. The van der Waals surface area contributed by atoms with Crippen LogP contribution in [0.15, 0.2) is 30.5 Å². The highest BCUT2D eigenvalue weighted by Gasteiger charge is 2.29. The number of hydrogen-bond acceptors (Lipinski definition) is 4. The van der Waals surface area contributed by atoms with E-state index in [1.165, 1.54) is 0 Å². The molecular formula is C16H16ClNO3. The molecule has 1 N–H and O–H groups in total. The van der Waals surface area contributed by atoms with Crippen LogP contribution in [0, 0.1) is 6.92 Å². The molecule has 0 fully saturated rings. The van der Waals surface area contributed by atoms with E-state index in [4.69, 9.17) is 21.1 Å². The van der Waals surface area contributed by atoms with Crippen molar-refractivity contribution >= 4 is 11.6 Å². The largest absolute Gasteiger partial charge is 0.463 e. The van der Waals surface area contributed by atoms with Crippen LogP contribution >= 0.6 is 11.6 Å². The highest BCUT2D eigenvalue weighted by Crippen LogP contribution is 2.41. The van der Waals surface area contributed by atoms with E-state index in [1.807, 2.05) is 37.4 Å². The summed E-state index contributed by atoms with van der Waals surface area (Å²) in [6.45, 7) is 3.87. The zero-order valence-corrected chi connectivity index (χ0v) is 12.6. The Hall–Kier alpha value is -1.62.